The fourth-order valence-corrected chi connectivity index (χ4v) is 1.42. The number of alkyl halides is 3. The van der Waals surface area contributed by atoms with E-state index in [0.717, 1.165) is 12.1 Å². The topological polar surface area (TPSA) is 90.3 Å². The zero-order chi connectivity index (χ0) is 13.9. The number of nitrogens with one attached hydrogen (secondary N) is 2. The van der Waals surface area contributed by atoms with Gasteiger partial charge in [-0.1, -0.05) is 5.21 Å². The monoisotopic (exact) mass is 268 g/mol. The predicted octanol–water partition coefficient (Wildman–Crippen LogP) is 1.70. The lowest BCUT2D eigenvalue weighted by molar-refractivity contribution is -0.137. The van der Waals surface area contributed by atoms with Gasteiger partial charge >= 0.3 is 6.18 Å². The van der Waals surface area contributed by atoms with E-state index >= 15 is 0 Å². The molecule has 98 valence electrons. The van der Waals surface area contributed by atoms with Gasteiger partial charge in [0, 0.05) is 5.69 Å². The number of nitriles is 1. The highest BCUT2D eigenvalue weighted by atomic mass is 19.4. The van der Waals surface area contributed by atoms with Crippen molar-refractivity contribution in [2.24, 2.45) is 0 Å². The van der Waals surface area contributed by atoms with Gasteiger partial charge in [0.05, 0.1) is 23.7 Å². The molecule has 0 unspecified atom stereocenters. The molecule has 0 amide bonds. The van der Waals surface area contributed by atoms with Crippen molar-refractivity contribution in [1.82, 2.24) is 20.6 Å². The van der Waals surface area contributed by atoms with Gasteiger partial charge in [0.2, 0.25) is 0 Å². The van der Waals surface area contributed by atoms with E-state index in [1.165, 1.54) is 12.1 Å². The molecule has 0 aliphatic rings. The average Bonchev–Trinajstić information content (AvgIpc) is 2.88. The van der Waals surface area contributed by atoms with Gasteiger partial charge in [-0.2, -0.15) is 23.6 Å². The molecule has 0 bridgehead atoms. The zero-order valence-electron chi connectivity index (χ0n) is 9.36. The third-order valence-electron chi connectivity index (χ3n) is 2.29. The number of halogens is 3. The number of anilines is 1. The second kappa shape index (κ2) is 4.93. The van der Waals surface area contributed by atoms with E-state index in [9.17, 15) is 13.2 Å². The Balaban J connectivity index is 2.21. The second-order valence-electron chi connectivity index (χ2n) is 3.55. The van der Waals surface area contributed by atoms with Crippen LogP contribution in [0.5, 0.6) is 0 Å². The molecule has 0 radical (unpaired) electrons. The number of hydrogen-bond acceptors (Lipinski definition) is 5. The maximum absolute atomic E-state index is 12.7. The van der Waals surface area contributed by atoms with Crippen LogP contribution in [0.15, 0.2) is 18.2 Å². The van der Waals surface area contributed by atoms with E-state index in [2.05, 4.69) is 25.9 Å². The van der Waals surface area contributed by atoms with Gasteiger partial charge in [-0.15, -0.1) is 10.2 Å². The number of aromatic amines is 1. The summed E-state index contributed by atoms with van der Waals surface area (Å²) in [7, 11) is 0. The molecule has 1 heterocycles. The van der Waals surface area contributed by atoms with Crippen LogP contribution in [0.4, 0.5) is 18.9 Å². The van der Waals surface area contributed by atoms with E-state index in [-0.39, 0.29) is 12.2 Å². The lowest BCUT2D eigenvalue weighted by Gasteiger charge is -2.11. The standard InChI is InChI=1S/C10H7F3N6/c11-10(12,13)8-3-7(2-1-6(8)4-14)15-5-9-16-18-19-17-9/h1-3,15H,5H2,(H,16,17,18,19). The van der Waals surface area contributed by atoms with Gasteiger partial charge in [0.15, 0.2) is 5.82 Å². The highest BCUT2D eigenvalue weighted by Crippen LogP contribution is 2.33. The molecule has 2 rings (SSSR count). The van der Waals surface area contributed by atoms with Crippen molar-refractivity contribution in [2.45, 2.75) is 12.7 Å². The quantitative estimate of drug-likeness (QED) is 0.884. The van der Waals surface area contributed by atoms with Crippen LogP contribution in [0, 0.1) is 11.3 Å². The van der Waals surface area contributed by atoms with Crippen LogP contribution in [0.1, 0.15) is 17.0 Å². The molecule has 19 heavy (non-hydrogen) atoms. The molecule has 2 aromatic rings. The molecule has 1 aromatic heterocycles. The van der Waals surface area contributed by atoms with E-state index in [0.29, 0.717) is 5.82 Å². The van der Waals surface area contributed by atoms with Gasteiger partial charge in [-0.3, -0.25) is 0 Å². The summed E-state index contributed by atoms with van der Waals surface area (Å²) in [5, 5.41) is 24.2. The first kappa shape index (κ1) is 12.8. The molecule has 0 aliphatic carbocycles. The van der Waals surface area contributed by atoms with E-state index in [1.807, 2.05) is 0 Å². The number of aromatic nitrogens is 4. The molecule has 0 saturated heterocycles. The minimum Gasteiger partial charge on any atom is -0.378 e. The Morgan fingerprint density at radius 1 is 1.37 bits per heavy atom. The number of hydrogen-bond donors (Lipinski definition) is 2. The molecule has 0 spiro atoms. The fraction of sp³-hybridized carbons (Fsp3) is 0.200. The van der Waals surface area contributed by atoms with Crippen LogP contribution in [0.3, 0.4) is 0 Å². The molecule has 0 fully saturated rings. The van der Waals surface area contributed by atoms with Gasteiger partial charge in [0.25, 0.3) is 0 Å². The summed E-state index contributed by atoms with van der Waals surface area (Å²) in [6.07, 6.45) is -4.57. The molecular formula is C10H7F3N6. The van der Waals surface area contributed by atoms with E-state index in [1.54, 1.807) is 0 Å². The van der Waals surface area contributed by atoms with Crippen molar-refractivity contribution in [3.63, 3.8) is 0 Å². The van der Waals surface area contributed by atoms with Gasteiger partial charge in [0.1, 0.15) is 0 Å². The third-order valence-corrected chi connectivity index (χ3v) is 2.29. The van der Waals surface area contributed by atoms with Crippen molar-refractivity contribution in [1.29, 1.82) is 5.26 Å². The van der Waals surface area contributed by atoms with Gasteiger partial charge in [-0.05, 0) is 18.2 Å². The van der Waals surface area contributed by atoms with Crippen molar-refractivity contribution < 1.29 is 13.2 Å². The summed E-state index contributed by atoms with van der Waals surface area (Å²) in [5.74, 6) is 0.318. The van der Waals surface area contributed by atoms with Crippen molar-refractivity contribution >= 4 is 5.69 Å². The van der Waals surface area contributed by atoms with Crippen molar-refractivity contribution in [2.75, 3.05) is 5.32 Å². The Morgan fingerprint density at radius 2 is 2.16 bits per heavy atom. The number of nitrogens with zero attached hydrogens (tertiary/aromatic N) is 4. The summed E-state index contributed by atoms with van der Waals surface area (Å²) >= 11 is 0. The number of H-pyrrole nitrogens is 1. The van der Waals surface area contributed by atoms with Crippen LogP contribution >= 0.6 is 0 Å². The summed E-state index contributed by atoms with van der Waals surface area (Å²) in [5.41, 5.74) is -1.18. The smallest absolute Gasteiger partial charge is 0.378 e. The lowest BCUT2D eigenvalue weighted by Crippen LogP contribution is -2.09. The highest BCUT2D eigenvalue weighted by molar-refractivity contribution is 5.53. The first-order chi connectivity index (χ1) is 9.00. The third kappa shape index (κ3) is 2.98. The SMILES string of the molecule is N#Cc1ccc(NCc2nn[nH]n2)cc1C(F)(F)F. The van der Waals surface area contributed by atoms with E-state index < -0.39 is 17.3 Å². The maximum Gasteiger partial charge on any atom is 0.417 e. The average molecular weight is 268 g/mol. The largest absolute Gasteiger partial charge is 0.417 e. The Labute approximate surface area is 105 Å². The Hall–Kier alpha value is -2.63. The number of tetrazole rings is 1. The Morgan fingerprint density at radius 3 is 2.74 bits per heavy atom. The molecule has 0 saturated carbocycles. The zero-order valence-corrected chi connectivity index (χ0v) is 9.36. The molecule has 6 nitrogen and oxygen atoms in total. The van der Waals surface area contributed by atoms with Crippen molar-refractivity contribution in [3.8, 4) is 6.07 Å². The highest BCUT2D eigenvalue weighted by Gasteiger charge is 2.33. The van der Waals surface area contributed by atoms with E-state index in [4.69, 9.17) is 5.26 Å². The lowest BCUT2D eigenvalue weighted by atomic mass is 10.1. The normalized spacial score (nSPS) is 11.1. The van der Waals surface area contributed by atoms with Crippen molar-refractivity contribution in [3.05, 3.63) is 35.2 Å². The van der Waals surface area contributed by atoms with Crippen LogP contribution in [0.2, 0.25) is 0 Å². The van der Waals surface area contributed by atoms with Crippen LogP contribution in [0.25, 0.3) is 0 Å². The van der Waals surface area contributed by atoms with Gasteiger partial charge < -0.3 is 5.32 Å². The first-order valence-electron chi connectivity index (χ1n) is 5.08. The Kier molecular flexibility index (Phi) is 3.33. The van der Waals surface area contributed by atoms with Crippen LogP contribution in [-0.4, -0.2) is 20.6 Å². The summed E-state index contributed by atoms with van der Waals surface area (Å²) in [4.78, 5) is 0. The second-order valence-corrected chi connectivity index (χ2v) is 3.55. The first-order valence-corrected chi connectivity index (χ1v) is 5.08. The Bertz CT molecular complexity index is 599. The van der Waals surface area contributed by atoms with Crippen LogP contribution < -0.4 is 5.32 Å². The minimum absolute atomic E-state index is 0.125. The fourth-order valence-electron chi connectivity index (χ4n) is 1.42. The summed E-state index contributed by atoms with van der Waals surface area (Å²) in [6.45, 7) is 0.125. The molecule has 1 aromatic carbocycles. The molecule has 0 aliphatic heterocycles. The summed E-state index contributed by atoms with van der Waals surface area (Å²) in [6, 6.07) is 4.88. The molecule has 2 N–H and O–H groups in total. The van der Waals surface area contributed by atoms with Crippen LogP contribution in [-0.2, 0) is 12.7 Å². The number of rotatable bonds is 3. The molecule has 0 atom stereocenters. The summed E-state index contributed by atoms with van der Waals surface area (Å²) < 4.78 is 38.1. The maximum atomic E-state index is 12.7. The minimum atomic E-state index is -4.57. The number of benzene rings is 1. The molecule has 9 heteroatoms. The molecular weight excluding hydrogens is 261 g/mol. The van der Waals surface area contributed by atoms with Gasteiger partial charge in [-0.25, -0.2) is 0 Å². The predicted molar refractivity (Wildman–Crippen MR) is 57.7 cm³/mol.